The van der Waals surface area contributed by atoms with Crippen LogP contribution in [0.3, 0.4) is 0 Å². The average Bonchev–Trinajstić information content (AvgIpc) is 3.82. The zero-order valence-electron chi connectivity index (χ0n) is 30.7. The summed E-state index contributed by atoms with van der Waals surface area (Å²) in [6.45, 7) is 0. The number of nitrogens with zero attached hydrogens (tertiary/aromatic N) is 1. The fourth-order valence-corrected chi connectivity index (χ4v) is 9.72. The van der Waals surface area contributed by atoms with Gasteiger partial charge in [-0.25, -0.2) is 0 Å². The summed E-state index contributed by atoms with van der Waals surface area (Å²) in [5.41, 5.74) is 10.5. The molecule has 11 aromatic rings. The molecule has 0 amide bonds. The third-order valence-electron chi connectivity index (χ3n) is 10.7. The molecule has 1 radical (unpaired) electrons. The van der Waals surface area contributed by atoms with Crippen molar-refractivity contribution in [2.45, 2.75) is 4.90 Å². The average molecular weight is 828 g/mol. The third kappa shape index (κ3) is 6.37. The molecular formula is C51H34N2S2Y-2. The van der Waals surface area contributed by atoms with E-state index < -0.39 is 0 Å². The maximum Gasteiger partial charge on any atom is 0.0471 e. The van der Waals surface area contributed by atoms with Crippen molar-refractivity contribution in [3.05, 3.63) is 187 Å². The second-order valence-electron chi connectivity index (χ2n) is 13.9. The molecule has 0 saturated heterocycles. The van der Waals surface area contributed by atoms with Crippen LogP contribution in [0.25, 0.3) is 102 Å². The van der Waals surface area contributed by atoms with Crippen molar-refractivity contribution in [3.8, 4) is 33.4 Å². The zero-order chi connectivity index (χ0) is 36.9. The largest absolute Gasteiger partial charge is 0.780 e. The summed E-state index contributed by atoms with van der Waals surface area (Å²) in [5.74, 6) is 0. The summed E-state index contributed by atoms with van der Waals surface area (Å²) >= 11 is 7.75. The molecule has 2 heterocycles. The van der Waals surface area contributed by atoms with E-state index in [-0.39, 0.29) is 32.7 Å². The molecule has 0 aliphatic heterocycles. The van der Waals surface area contributed by atoms with Gasteiger partial charge in [0.05, 0.1) is 0 Å². The smallest absolute Gasteiger partial charge is 0.0471 e. The van der Waals surface area contributed by atoms with E-state index in [0.717, 1.165) is 27.1 Å². The van der Waals surface area contributed by atoms with Crippen molar-refractivity contribution in [1.82, 2.24) is 4.98 Å². The van der Waals surface area contributed by atoms with Crippen LogP contribution >= 0.6 is 11.3 Å². The monoisotopic (exact) mass is 827 g/mol. The predicted octanol–water partition coefficient (Wildman–Crippen LogP) is 15.2. The Balaban J connectivity index is 0.000000146. The number of H-pyrrole nitrogens is 1. The predicted molar refractivity (Wildman–Crippen MR) is 241 cm³/mol. The minimum atomic E-state index is 0. The second kappa shape index (κ2) is 15.3. The van der Waals surface area contributed by atoms with Gasteiger partial charge in [-0.05, 0) is 96.0 Å². The van der Waals surface area contributed by atoms with E-state index in [4.69, 9.17) is 12.6 Å². The Labute approximate surface area is 360 Å². The molecule has 265 valence electrons. The van der Waals surface area contributed by atoms with Crippen molar-refractivity contribution >= 4 is 93.2 Å². The van der Waals surface area contributed by atoms with E-state index in [9.17, 15) is 0 Å². The number of hydrogen-bond donors (Lipinski definition) is 1. The first kappa shape index (κ1) is 36.3. The molecule has 0 atom stereocenters. The van der Waals surface area contributed by atoms with Crippen LogP contribution in [0.2, 0.25) is 0 Å². The summed E-state index contributed by atoms with van der Waals surface area (Å²) in [7, 11) is 1.84. The van der Waals surface area contributed by atoms with Crippen molar-refractivity contribution in [1.29, 1.82) is 0 Å². The molecule has 11 rings (SSSR count). The number of fused-ring (bicyclic) bond motifs is 9. The maximum atomic E-state index is 5.95. The minimum Gasteiger partial charge on any atom is -0.780 e. The summed E-state index contributed by atoms with van der Waals surface area (Å²) in [5, 5.41) is 14.6. The third-order valence-corrected chi connectivity index (χ3v) is 12.2. The molecule has 2 aromatic heterocycles. The van der Waals surface area contributed by atoms with Gasteiger partial charge in [0.15, 0.2) is 0 Å². The van der Waals surface area contributed by atoms with E-state index in [0.29, 0.717) is 0 Å². The minimum absolute atomic E-state index is 0. The normalized spacial score (nSPS) is 11.2. The first-order valence-corrected chi connectivity index (χ1v) is 19.7. The van der Waals surface area contributed by atoms with Gasteiger partial charge in [0.2, 0.25) is 0 Å². The van der Waals surface area contributed by atoms with Gasteiger partial charge in [-0.3, -0.25) is 0 Å². The van der Waals surface area contributed by atoms with Crippen molar-refractivity contribution in [2.24, 2.45) is 0 Å². The molecule has 0 saturated carbocycles. The quantitative estimate of drug-likeness (QED) is 0.139. The van der Waals surface area contributed by atoms with Gasteiger partial charge in [0, 0.05) is 63.9 Å². The van der Waals surface area contributed by atoms with E-state index in [2.05, 4.69) is 192 Å². The van der Waals surface area contributed by atoms with Crippen LogP contribution in [-0.2, 0) is 45.3 Å². The molecule has 5 heteroatoms. The van der Waals surface area contributed by atoms with Crippen LogP contribution in [0.5, 0.6) is 0 Å². The summed E-state index contributed by atoms with van der Waals surface area (Å²) in [6, 6.07) is 64.7. The van der Waals surface area contributed by atoms with Gasteiger partial charge in [0.1, 0.15) is 0 Å². The Bertz CT molecular complexity index is 3200. The molecule has 0 bridgehead atoms. The van der Waals surface area contributed by atoms with Crippen LogP contribution in [-0.4, -0.2) is 12.0 Å². The van der Waals surface area contributed by atoms with Crippen LogP contribution in [0.1, 0.15) is 0 Å². The molecule has 56 heavy (non-hydrogen) atoms. The van der Waals surface area contributed by atoms with Gasteiger partial charge in [0.25, 0.3) is 0 Å². The molecule has 0 aliphatic rings. The molecule has 1 N–H and O–H groups in total. The molecule has 0 unspecified atom stereocenters. The van der Waals surface area contributed by atoms with Crippen LogP contribution in [0, 0.1) is 0 Å². The number of benzene rings is 9. The molecule has 0 spiro atoms. The summed E-state index contributed by atoms with van der Waals surface area (Å²) in [4.78, 5) is 4.45. The summed E-state index contributed by atoms with van der Waals surface area (Å²) in [6.07, 6.45) is 0. The van der Waals surface area contributed by atoms with Gasteiger partial charge >= 0.3 is 0 Å². The van der Waals surface area contributed by atoms with Crippen LogP contribution in [0.4, 0.5) is 5.69 Å². The van der Waals surface area contributed by atoms with Gasteiger partial charge in [-0.1, -0.05) is 152 Å². The molecule has 0 aliphatic carbocycles. The fraction of sp³-hybridized carbons (Fsp3) is 0.0196. The fourth-order valence-electron chi connectivity index (χ4n) is 8.08. The van der Waals surface area contributed by atoms with Gasteiger partial charge < -0.3 is 22.9 Å². The van der Waals surface area contributed by atoms with E-state index in [1.54, 1.807) is 11.3 Å². The van der Waals surface area contributed by atoms with Crippen molar-refractivity contribution in [2.75, 3.05) is 7.05 Å². The second-order valence-corrected chi connectivity index (χ2v) is 15.4. The SMILES string of the molecule is C[N-]c1c(-c2ccc3ccc4ccccc4c3c2)cc2sc3ccccc3c2c1[S-].[Y].c1ccc(-c2ccc3c(c2)[nH]c2cccc(-c4ccccc4)c23)cc1. The van der Waals surface area contributed by atoms with Crippen LogP contribution < -0.4 is 0 Å². The Morgan fingerprint density at radius 3 is 1.89 bits per heavy atom. The van der Waals surface area contributed by atoms with Crippen LogP contribution in [0.15, 0.2) is 187 Å². The topological polar surface area (TPSA) is 29.9 Å². The maximum absolute atomic E-state index is 5.95. The first-order valence-electron chi connectivity index (χ1n) is 18.5. The number of rotatable bonds is 4. The number of thiophene rings is 1. The zero-order valence-corrected chi connectivity index (χ0v) is 35.1. The molecule has 9 aromatic carbocycles. The first-order chi connectivity index (χ1) is 27.1. The van der Waals surface area contributed by atoms with E-state index >= 15 is 0 Å². The number of aromatic amines is 1. The van der Waals surface area contributed by atoms with E-state index in [1.807, 2.05) is 7.05 Å². The van der Waals surface area contributed by atoms with E-state index in [1.165, 1.54) is 80.4 Å². The molecule has 0 fully saturated rings. The Morgan fingerprint density at radius 1 is 0.446 bits per heavy atom. The Kier molecular flexibility index (Phi) is 9.91. The van der Waals surface area contributed by atoms with Gasteiger partial charge in [-0.15, -0.1) is 18.4 Å². The standard InChI is InChI=1S/C27H18NS2.C24H17N.Y/c1-28-26-22(15-24-25(27(26)29)20-8-4-5-9-23(20)30-24)18-13-12-17-11-10-16-6-2-3-7-19(16)21(17)14-18;1-3-8-17(9-4-1)19-14-15-21-23(16-19)25-22-13-7-12-20(24(21)22)18-10-5-2-6-11-18;/h2-15,29H,1H3;1-16,25H;/q-1;;/p-1. The number of hydrogen-bond acceptors (Lipinski definition) is 2. The Morgan fingerprint density at radius 2 is 1.11 bits per heavy atom. The Hall–Kier alpha value is -5.36. The van der Waals surface area contributed by atoms with Crippen molar-refractivity contribution < 1.29 is 32.7 Å². The summed E-state index contributed by atoms with van der Waals surface area (Å²) < 4.78 is 2.49. The number of nitrogens with one attached hydrogen (secondary N) is 1. The molecular weight excluding hydrogens is 794 g/mol. The number of aromatic nitrogens is 1. The molecule has 2 nitrogen and oxygen atoms in total. The van der Waals surface area contributed by atoms with Crippen molar-refractivity contribution in [3.63, 3.8) is 0 Å². The van der Waals surface area contributed by atoms with Gasteiger partial charge in [-0.2, -0.15) is 10.6 Å².